The molecule has 0 bridgehead atoms. The first-order chi connectivity index (χ1) is 11.5. The SMILES string of the molecule is O=C(O)CCN(Cc1ccc(F)c(F)c1)C(=O)CC1CSCCS1. The average Bonchev–Trinajstić information content (AvgIpc) is 2.55. The summed E-state index contributed by atoms with van der Waals surface area (Å²) in [5.74, 6) is -0.0980. The molecule has 1 aromatic rings. The van der Waals surface area contributed by atoms with Crippen molar-refractivity contribution in [2.45, 2.75) is 24.6 Å². The molecule has 132 valence electrons. The topological polar surface area (TPSA) is 57.6 Å². The van der Waals surface area contributed by atoms with Gasteiger partial charge in [0.1, 0.15) is 0 Å². The van der Waals surface area contributed by atoms with Crippen molar-refractivity contribution >= 4 is 35.4 Å². The first kappa shape index (κ1) is 19.1. The second kappa shape index (κ2) is 9.27. The van der Waals surface area contributed by atoms with Gasteiger partial charge in [0.15, 0.2) is 11.6 Å². The number of carbonyl (C=O) groups is 2. The molecule has 1 aromatic carbocycles. The second-order valence-electron chi connectivity index (χ2n) is 5.48. The van der Waals surface area contributed by atoms with Gasteiger partial charge in [0.25, 0.3) is 0 Å². The molecule has 1 aliphatic rings. The molecule has 2 rings (SSSR count). The molecule has 1 amide bonds. The Morgan fingerprint density at radius 2 is 2.04 bits per heavy atom. The summed E-state index contributed by atoms with van der Waals surface area (Å²) in [5, 5.41) is 9.07. The van der Waals surface area contributed by atoms with Gasteiger partial charge in [-0.3, -0.25) is 9.59 Å². The summed E-state index contributed by atoms with van der Waals surface area (Å²) in [7, 11) is 0. The lowest BCUT2D eigenvalue weighted by atomic mass is 10.1. The second-order valence-corrected chi connectivity index (χ2v) is 8.04. The van der Waals surface area contributed by atoms with Crippen molar-refractivity contribution in [2.24, 2.45) is 0 Å². The normalized spacial score (nSPS) is 17.5. The average molecular weight is 375 g/mol. The number of aliphatic carboxylic acids is 1. The lowest BCUT2D eigenvalue weighted by Crippen LogP contribution is -2.35. The van der Waals surface area contributed by atoms with Gasteiger partial charge in [0, 0.05) is 42.0 Å². The van der Waals surface area contributed by atoms with E-state index in [0.717, 1.165) is 29.4 Å². The number of carboxylic acid groups (broad SMARTS) is 1. The third-order valence-electron chi connectivity index (χ3n) is 3.59. The minimum absolute atomic E-state index is 0.0533. The van der Waals surface area contributed by atoms with Gasteiger partial charge in [-0.25, -0.2) is 8.78 Å². The van der Waals surface area contributed by atoms with E-state index in [2.05, 4.69) is 0 Å². The van der Waals surface area contributed by atoms with Crippen LogP contribution in [0.15, 0.2) is 18.2 Å². The Bertz CT molecular complexity index is 595. The molecule has 1 aliphatic heterocycles. The molecule has 0 saturated carbocycles. The van der Waals surface area contributed by atoms with Crippen LogP contribution < -0.4 is 0 Å². The van der Waals surface area contributed by atoms with Gasteiger partial charge in [0.05, 0.1) is 6.42 Å². The Morgan fingerprint density at radius 3 is 2.67 bits per heavy atom. The van der Waals surface area contributed by atoms with Crippen LogP contribution in [0.5, 0.6) is 0 Å². The molecule has 0 aliphatic carbocycles. The molecule has 1 N–H and O–H groups in total. The summed E-state index contributed by atoms with van der Waals surface area (Å²) in [6.07, 6.45) is 0.156. The Hall–Kier alpha value is -1.28. The van der Waals surface area contributed by atoms with Gasteiger partial charge in [-0.05, 0) is 17.7 Å². The Labute approximate surface area is 148 Å². The van der Waals surface area contributed by atoms with Gasteiger partial charge in [-0.1, -0.05) is 6.07 Å². The fourth-order valence-corrected chi connectivity index (χ4v) is 5.03. The first-order valence-electron chi connectivity index (χ1n) is 7.58. The summed E-state index contributed by atoms with van der Waals surface area (Å²) in [4.78, 5) is 24.8. The number of amides is 1. The van der Waals surface area contributed by atoms with E-state index in [1.165, 1.54) is 11.0 Å². The highest BCUT2D eigenvalue weighted by Gasteiger charge is 2.22. The van der Waals surface area contributed by atoms with E-state index in [1.54, 1.807) is 23.5 Å². The van der Waals surface area contributed by atoms with Crippen LogP contribution in [0.2, 0.25) is 0 Å². The van der Waals surface area contributed by atoms with Crippen LogP contribution in [0.25, 0.3) is 0 Å². The number of rotatable bonds is 7. The molecule has 0 aromatic heterocycles. The van der Waals surface area contributed by atoms with Gasteiger partial charge in [-0.15, -0.1) is 0 Å². The maximum atomic E-state index is 13.3. The highest BCUT2D eigenvalue weighted by Crippen LogP contribution is 2.27. The zero-order chi connectivity index (χ0) is 17.5. The number of carboxylic acids is 1. The number of thioether (sulfide) groups is 2. The predicted octanol–water partition coefficient (Wildman–Crippen LogP) is 3.01. The largest absolute Gasteiger partial charge is 0.481 e. The van der Waals surface area contributed by atoms with Crippen molar-refractivity contribution in [3.63, 3.8) is 0 Å². The van der Waals surface area contributed by atoms with Gasteiger partial charge < -0.3 is 10.0 Å². The van der Waals surface area contributed by atoms with Crippen LogP contribution >= 0.6 is 23.5 Å². The summed E-state index contributed by atoms with van der Waals surface area (Å²) in [5.41, 5.74) is 0.443. The summed E-state index contributed by atoms with van der Waals surface area (Å²) >= 11 is 3.56. The molecule has 1 atom stereocenters. The lowest BCUT2D eigenvalue weighted by molar-refractivity contribution is -0.138. The highest BCUT2D eigenvalue weighted by atomic mass is 32.2. The van der Waals surface area contributed by atoms with Crippen LogP contribution in [0, 0.1) is 11.6 Å². The third kappa shape index (κ3) is 5.98. The van der Waals surface area contributed by atoms with Gasteiger partial charge in [0.2, 0.25) is 5.91 Å². The zero-order valence-corrected chi connectivity index (χ0v) is 14.7. The standard InChI is InChI=1S/C16H19F2NO3S2/c17-13-2-1-11(7-14(13)18)9-19(4-3-16(21)22)15(20)8-12-10-23-5-6-24-12/h1-2,7,12H,3-6,8-10H2,(H,21,22). The van der Waals surface area contributed by atoms with E-state index in [4.69, 9.17) is 5.11 Å². The third-order valence-corrected chi connectivity index (χ3v) is 6.44. The summed E-state index contributed by atoms with van der Waals surface area (Å²) in [6, 6.07) is 3.46. The molecular formula is C16H19F2NO3S2. The molecule has 1 heterocycles. The van der Waals surface area contributed by atoms with E-state index in [-0.39, 0.29) is 30.7 Å². The van der Waals surface area contributed by atoms with Crippen molar-refractivity contribution < 1.29 is 23.5 Å². The number of nitrogens with zero attached hydrogens (tertiary/aromatic N) is 1. The van der Waals surface area contributed by atoms with Crippen molar-refractivity contribution in [3.05, 3.63) is 35.4 Å². The molecule has 0 radical (unpaired) electrons. The highest BCUT2D eigenvalue weighted by molar-refractivity contribution is 8.06. The number of hydrogen-bond acceptors (Lipinski definition) is 4. The maximum Gasteiger partial charge on any atom is 0.305 e. The number of benzene rings is 1. The van der Waals surface area contributed by atoms with Gasteiger partial charge >= 0.3 is 5.97 Å². The number of hydrogen-bond donors (Lipinski definition) is 1. The van der Waals surface area contributed by atoms with Crippen molar-refractivity contribution in [1.82, 2.24) is 4.90 Å². The van der Waals surface area contributed by atoms with Crippen molar-refractivity contribution in [3.8, 4) is 0 Å². The monoisotopic (exact) mass is 375 g/mol. The van der Waals surface area contributed by atoms with Crippen molar-refractivity contribution in [2.75, 3.05) is 23.8 Å². The predicted molar refractivity (Wildman–Crippen MR) is 92.2 cm³/mol. The Morgan fingerprint density at radius 1 is 1.25 bits per heavy atom. The minimum Gasteiger partial charge on any atom is -0.481 e. The molecule has 4 nitrogen and oxygen atoms in total. The lowest BCUT2D eigenvalue weighted by Gasteiger charge is -2.26. The van der Waals surface area contributed by atoms with E-state index in [9.17, 15) is 18.4 Å². The maximum absolute atomic E-state index is 13.3. The summed E-state index contributed by atoms with van der Waals surface area (Å²) in [6.45, 7) is 0.130. The fourth-order valence-electron chi connectivity index (χ4n) is 2.36. The fraction of sp³-hybridized carbons (Fsp3) is 0.500. The quantitative estimate of drug-likeness (QED) is 0.794. The molecule has 1 unspecified atom stereocenters. The van der Waals surface area contributed by atoms with Crippen molar-refractivity contribution in [1.29, 1.82) is 0 Å². The van der Waals surface area contributed by atoms with Crippen LogP contribution in [0.4, 0.5) is 8.78 Å². The molecule has 1 fully saturated rings. The Balaban J connectivity index is 2.03. The van der Waals surface area contributed by atoms with E-state index in [1.807, 2.05) is 0 Å². The summed E-state index contributed by atoms with van der Waals surface area (Å²) < 4.78 is 26.4. The van der Waals surface area contributed by atoms with E-state index in [0.29, 0.717) is 12.0 Å². The zero-order valence-electron chi connectivity index (χ0n) is 13.0. The van der Waals surface area contributed by atoms with Crippen LogP contribution in [0.3, 0.4) is 0 Å². The van der Waals surface area contributed by atoms with E-state index < -0.39 is 17.6 Å². The Kier molecular flexibility index (Phi) is 7.36. The van der Waals surface area contributed by atoms with Crippen LogP contribution in [-0.2, 0) is 16.1 Å². The molecular weight excluding hydrogens is 356 g/mol. The molecule has 0 spiro atoms. The van der Waals surface area contributed by atoms with Gasteiger partial charge in [-0.2, -0.15) is 23.5 Å². The van der Waals surface area contributed by atoms with Crippen LogP contribution in [0.1, 0.15) is 18.4 Å². The first-order valence-corrected chi connectivity index (χ1v) is 9.79. The number of halogens is 2. The van der Waals surface area contributed by atoms with Crippen LogP contribution in [-0.4, -0.2) is 50.9 Å². The smallest absolute Gasteiger partial charge is 0.305 e. The number of carbonyl (C=O) groups excluding carboxylic acids is 1. The molecule has 1 saturated heterocycles. The minimum atomic E-state index is -0.999. The van der Waals surface area contributed by atoms with E-state index >= 15 is 0 Å². The molecule has 24 heavy (non-hydrogen) atoms. The molecule has 8 heteroatoms.